The minimum atomic E-state index is -2.61. The Hall–Kier alpha value is -5.09. The van der Waals surface area contributed by atoms with Gasteiger partial charge in [0.2, 0.25) is 0 Å². The number of nitrogens with zero attached hydrogens (tertiary/aromatic N) is 9. The van der Waals surface area contributed by atoms with Gasteiger partial charge >= 0.3 is 0 Å². The molecule has 0 atom stereocenters. The van der Waals surface area contributed by atoms with Crippen LogP contribution in [0, 0.1) is 18.3 Å². The molecular weight excluding hydrogens is 518 g/mol. The van der Waals surface area contributed by atoms with Gasteiger partial charge in [-0.1, -0.05) is 0 Å². The van der Waals surface area contributed by atoms with Crippen LogP contribution in [0.1, 0.15) is 34.4 Å². The molecule has 13 heteroatoms. The summed E-state index contributed by atoms with van der Waals surface area (Å²) in [5.74, 6) is -1.94. The van der Waals surface area contributed by atoms with Crippen molar-refractivity contribution in [1.29, 1.82) is 5.26 Å². The lowest BCUT2D eigenvalue weighted by Crippen LogP contribution is -2.55. The van der Waals surface area contributed by atoms with Crippen molar-refractivity contribution < 1.29 is 13.6 Å². The van der Waals surface area contributed by atoms with Crippen LogP contribution < -0.4 is 5.32 Å². The second-order valence-corrected chi connectivity index (χ2v) is 9.66. The molecule has 0 unspecified atom stereocenters. The highest BCUT2D eigenvalue weighted by atomic mass is 19.3. The minimum absolute atomic E-state index is 0.170. The molecule has 6 rings (SSSR count). The lowest BCUT2D eigenvalue weighted by atomic mass is 10.1. The number of nitrogens with one attached hydrogen (secondary N) is 1. The minimum Gasteiger partial charge on any atom is -0.337 e. The molecule has 0 spiro atoms. The maximum Gasteiger partial charge on any atom is 0.272 e. The van der Waals surface area contributed by atoms with E-state index < -0.39 is 5.92 Å². The van der Waals surface area contributed by atoms with Gasteiger partial charge in [0.25, 0.3) is 5.92 Å². The van der Waals surface area contributed by atoms with Crippen LogP contribution in [-0.4, -0.2) is 64.3 Å². The maximum atomic E-state index is 13.0. The molecule has 1 aliphatic heterocycles. The highest BCUT2D eigenvalue weighted by Gasteiger charge is 2.43. The summed E-state index contributed by atoms with van der Waals surface area (Å²) in [4.78, 5) is 18.7. The molecule has 1 fully saturated rings. The summed E-state index contributed by atoms with van der Waals surface area (Å²) < 4.78 is 29.3. The van der Waals surface area contributed by atoms with Gasteiger partial charge in [-0.25, -0.2) is 23.0 Å². The number of anilines is 2. The summed E-state index contributed by atoms with van der Waals surface area (Å²) in [6.07, 6.45) is 3.47. The fourth-order valence-corrected chi connectivity index (χ4v) is 4.64. The SMILES string of the molecule is CC(=O)c1ccc(-c2cnn3cc(Nc4ccc(CN5CC(F)(F)C5)nn4)ccc23)nc1-n1nc(C#N)cc1C. The van der Waals surface area contributed by atoms with Gasteiger partial charge in [-0.2, -0.15) is 20.6 Å². The number of hydrogen-bond acceptors (Lipinski definition) is 9. The van der Waals surface area contributed by atoms with Gasteiger partial charge in [-0.3, -0.25) is 9.69 Å². The lowest BCUT2D eigenvalue weighted by molar-refractivity contribution is -0.134. The Morgan fingerprint density at radius 2 is 1.98 bits per heavy atom. The van der Waals surface area contributed by atoms with E-state index in [2.05, 4.69) is 25.7 Å². The average molecular weight is 541 g/mol. The standard InChI is InChI=1S/C27H22F2N10O/c1-16-9-20(10-30)36-39(16)26-21(17(2)40)5-6-23(33-26)22-11-31-38-13-18(3-7-24(22)38)32-25-8-4-19(34-35-25)12-37-14-27(28,29)15-37/h3-9,11,13H,12,14-15H2,1-2H3,(H,32,35). The van der Waals surface area contributed by atoms with E-state index in [0.717, 1.165) is 11.1 Å². The summed E-state index contributed by atoms with van der Waals surface area (Å²) in [6.45, 7) is 3.06. The molecule has 0 radical (unpaired) electrons. The van der Waals surface area contributed by atoms with E-state index in [1.54, 1.807) is 59.1 Å². The molecule has 1 aliphatic rings. The van der Waals surface area contributed by atoms with Crippen LogP contribution in [0.25, 0.3) is 22.6 Å². The highest BCUT2D eigenvalue weighted by Crippen LogP contribution is 2.29. The van der Waals surface area contributed by atoms with Gasteiger partial charge in [0.05, 0.1) is 53.6 Å². The number of aryl methyl sites for hydroxylation is 1. The number of aromatic nitrogens is 7. The van der Waals surface area contributed by atoms with Crippen LogP contribution in [0.2, 0.25) is 0 Å². The Labute approximate surface area is 226 Å². The van der Waals surface area contributed by atoms with E-state index in [1.807, 2.05) is 18.2 Å². The van der Waals surface area contributed by atoms with E-state index >= 15 is 0 Å². The molecule has 11 nitrogen and oxygen atoms in total. The van der Waals surface area contributed by atoms with E-state index in [4.69, 9.17) is 4.98 Å². The largest absolute Gasteiger partial charge is 0.337 e. The number of carbonyl (C=O) groups is 1. The van der Waals surface area contributed by atoms with Crippen LogP contribution in [-0.2, 0) is 6.54 Å². The second kappa shape index (κ2) is 9.58. The zero-order valence-corrected chi connectivity index (χ0v) is 21.5. The van der Waals surface area contributed by atoms with Crippen molar-refractivity contribution in [3.8, 4) is 23.1 Å². The molecule has 0 aliphatic carbocycles. The number of alkyl halides is 2. The highest BCUT2D eigenvalue weighted by molar-refractivity contribution is 5.97. The molecule has 5 aromatic heterocycles. The molecule has 0 saturated carbocycles. The maximum absolute atomic E-state index is 13.0. The number of ketones is 1. The van der Waals surface area contributed by atoms with Gasteiger partial charge in [0.15, 0.2) is 23.1 Å². The smallest absolute Gasteiger partial charge is 0.272 e. The van der Waals surface area contributed by atoms with Gasteiger partial charge in [-0.05, 0) is 56.3 Å². The first kappa shape index (κ1) is 25.2. The third-order valence-corrected chi connectivity index (χ3v) is 6.54. The fourth-order valence-electron chi connectivity index (χ4n) is 4.64. The van der Waals surface area contributed by atoms with Crippen LogP contribution in [0.4, 0.5) is 20.3 Å². The number of rotatable bonds is 7. The molecular formula is C27H22F2N10O. The number of fused-ring (bicyclic) bond motifs is 1. The molecule has 200 valence electrons. The first-order chi connectivity index (χ1) is 19.2. The van der Waals surface area contributed by atoms with Crippen molar-refractivity contribution >= 4 is 22.8 Å². The zero-order valence-electron chi connectivity index (χ0n) is 21.5. The molecule has 1 N–H and O–H groups in total. The number of carbonyl (C=O) groups excluding carboxylic acids is 1. The van der Waals surface area contributed by atoms with E-state index in [-0.39, 0.29) is 24.6 Å². The number of Topliss-reactive ketones (excluding diaryl/α,β-unsaturated/α-hetero) is 1. The van der Waals surface area contributed by atoms with Gasteiger partial charge in [-0.15, -0.1) is 5.10 Å². The van der Waals surface area contributed by atoms with Crippen LogP contribution >= 0.6 is 0 Å². The molecule has 0 aromatic carbocycles. The van der Waals surface area contributed by atoms with Crippen LogP contribution in [0.3, 0.4) is 0 Å². The Balaban J connectivity index is 1.24. The number of likely N-dealkylation sites (tertiary alicyclic amines) is 1. The second-order valence-electron chi connectivity index (χ2n) is 9.66. The summed E-state index contributed by atoms with van der Waals surface area (Å²) in [5.41, 5.74) is 4.74. The van der Waals surface area contributed by atoms with Crippen LogP contribution in [0.5, 0.6) is 0 Å². The van der Waals surface area contributed by atoms with E-state index in [0.29, 0.717) is 46.5 Å². The molecule has 0 bridgehead atoms. The number of halogens is 2. The number of pyridine rings is 2. The third kappa shape index (κ3) is 4.76. The van der Waals surface area contributed by atoms with Crippen LogP contribution in [0.15, 0.2) is 54.9 Å². The summed E-state index contributed by atoms with van der Waals surface area (Å²) in [5, 5.41) is 29.5. The summed E-state index contributed by atoms with van der Waals surface area (Å²) in [6, 6.07) is 14.3. The number of nitriles is 1. The Morgan fingerprint density at radius 1 is 1.15 bits per heavy atom. The van der Waals surface area contributed by atoms with Crippen molar-refractivity contribution in [2.75, 3.05) is 18.4 Å². The van der Waals surface area contributed by atoms with E-state index in [1.165, 1.54) is 11.6 Å². The first-order valence-electron chi connectivity index (χ1n) is 12.4. The summed E-state index contributed by atoms with van der Waals surface area (Å²) >= 11 is 0. The van der Waals surface area contributed by atoms with Crippen molar-refractivity contribution in [3.05, 3.63) is 77.5 Å². The molecule has 0 amide bonds. The average Bonchev–Trinajstić information content (AvgIpc) is 3.51. The fraction of sp³-hybridized carbons (Fsp3) is 0.222. The monoisotopic (exact) mass is 540 g/mol. The number of hydrogen-bond donors (Lipinski definition) is 1. The van der Waals surface area contributed by atoms with Gasteiger partial charge in [0, 0.05) is 17.8 Å². The van der Waals surface area contributed by atoms with Gasteiger partial charge in [0.1, 0.15) is 6.07 Å². The van der Waals surface area contributed by atoms with Crippen molar-refractivity contribution in [1.82, 2.24) is 39.5 Å². The molecule has 40 heavy (non-hydrogen) atoms. The van der Waals surface area contributed by atoms with E-state index in [9.17, 15) is 18.8 Å². The third-order valence-electron chi connectivity index (χ3n) is 6.54. The topological polar surface area (TPSA) is 130 Å². The van der Waals surface area contributed by atoms with Gasteiger partial charge < -0.3 is 5.32 Å². The quantitative estimate of drug-likeness (QED) is 0.305. The molecule has 6 heterocycles. The predicted octanol–water partition coefficient (Wildman–Crippen LogP) is 3.95. The lowest BCUT2D eigenvalue weighted by Gasteiger charge is -2.38. The molecule has 1 saturated heterocycles. The Morgan fingerprint density at radius 3 is 2.65 bits per heavy atom. The van der Waals surface area contributed by atoms with Crippen molar-refractivity contribution in [2.24, 2.45) is 0 Å². The normalized spacial score (nSPS) is 14.6. The zero-order chi connectivity index (χ0) is 28.0. The summed E-state index contributed by atoms with van der Waals surface area (Å²) in [7, 11) is 0. The Bertz CT molecular complexity index is 1790. The molecule has 5 aromatic rings. The predicted molar refractivity (Wildman–Crippen MR) is 141 cm³/mol. The van der Waals surface area contributed by atoms with Crippen molar-refractivity contribution in [3.63, 3.8) is 0 Å². The Kier molecular flexibility index (Phi) is 6.04. The van der Waals surface area contributed by atoms with Crippen molar-refractivity contribution in [2.45, 2.75) is 26.3 Å². The first-order valence-corrected chi connectivity index (χ1v) is 12.4.